The van der Waals surface area contributed by atoms with Crippen molar-refractivity contribution >= 4 is 6.03 Å². The lowest BCUT2D eigenvalue weighted by Gasteiger charge is -2.21. The van der Waals surface area contributed by atoms with Gasteiger partial charge >= 0.3 is 6.03 Å². The molecule has 4 nitrogen and oxygen atoms in total. The predicted octanol–water partition coefficient (Wildman–Crippen LogP) is 2.06. The van der Waals surface area contributed by atoms with Crippen molar-refractivity contribution in [3.8, 4) is 0 Å². The van der Waals surface area contributed by atoms with Crippen LogP contribution in [0.1, 0.15) is 32.4 Å². The molecule has 18 heavy (non-hydrogen) atoms. The summed E-state index contributed by atoms with van der Waals surface area (Å²) in [5, 5.41) is 15.0. The van der Waals surface area contributed by atoms with Crippen LogP contribution in [0.3, 0.4) is 0 Å². The third-order valence-corrected chi connectivity index (χ3v) is 3.05. The molecule has 2 amide bonds. The number of rotatable bonds is 5. The van der Waals surface area contributed by atoms with Crippen LogP contribution in [0.25, 0.3) is 0 Å². The highest BCUT2D eigenvalue weighted by Gasteiger charge is 2.15. The van der Waals surface area contributed by atoms with Gasteiger partial charge in [0.2, 0.25) is 0 Å². The number of carbonyl (C=O) groups is 1. The maximum absolute atomic E-state index is 11.8. The topological polar surface area (TPSA) is 61.4 Å². The molecule has 0 heterocycles. The van der Waals surface area contributed by atoms with Crippen LogP contribution in [0.15, 0.2) is 30.3 Å². The summed E-state index contributed by atoms with van der Waals surface area (Å²) >= 11 is 0. The van der Waals surface area contributed by atoms with Crippen molar-refractivity contribution in [2.24, 2.45) is 5.92 Å². The number of nitrogens with one attached hydrogen (secondary N) is 2. The molecule has 2 atom stereocenters. The fourth-order valence-corrected chi connectivity index (χ4v) is 1.49. The lowest BCUT2D eigenvalue weighted by atomic mass is 10.1. The number of carbonyl (C=O) groups excluding carboxylic acids is 1. The first-order valence-electron chi connectivity index (χ1n) is 6.27. The van der Waals surface area contributed by atoms with Gasteiger partial charge in [-0.25, -0.2) is 4.79 Å². The Morgan fingerprint density at radius 2 is 1.78 bits per heavy atom. The molecule has 0 aliphatic heterocycles. The highest BCUT2D eigenvalue weighted by atomic mass is 16.3. The zero-order valence-corrected chi connectivity index (χ0v) is 11.2. The molecule has 1 rings (SSSR count). The van der Waals surface area contributed by atoms with Gasteiger partial charge in [0.25, 0.3) is 0 Å². The number of amides is 2. The Balaban J connectivity index is 2.56. The van der Waals surface area contributed by atoms with Crippen molar-refractivity contribution < 1.29 is 9.90 Å². The monoisotopic (exact) mass is 250 g/mol. The number of aliphatic hydroxyl groups is 1. The quantitative estimate of drug-likeness (QED) is 0.749. The molecule has 2 unspecified atom stereocenters. The second-order valence-electron chi connectivity index (χ2n) is 4.80. The van der Waals surface area contributed by atoms with Gasteiger partial charge in [0.15, 0.2) is 0 Å². The number of hydrogen-bond acceptors (Lipinski definition) is 2. The normalized spacial score (nSPS) is 14.1. The summed E-state index contributed by atoms with van der Waals surface area (Å²) in [6.07, 6.45) is 0. The van der Waals surface area contributed by atoms with Gasteiger partial charge in [-0.1, -0.05) is 44.2 Å². The molecule has 1 aromatic rings. The van der Waals surface area contributed by atoms with Gasteiger partial charge < -0.3 is 15.7 Å². The van der Waals surface area contributed by atoms with E-state index in [1.165, 1.54) is 0 Å². The van der Waals surface area contributed by atoms with Crippen LogP contribution in [0.5, 0.6) is 0 Å². The molecule has 0 aromatic heterocycles. The minimum absolute atomic E-state index is 0.0973. The fourth-order valence-electron chi connectivity index (χ4n) is 1.49. The molecule has 0 fully saturated rings. The Bertz CT molecular complexity index is 365. The standard InChI is InChI=1S/C14H22N2O2/c1-10(2)11(3)15-14(18)16-13(9-17)12-7-5-4-6-8-12/h4-8,10-11,13,17H,9H2,1-3H3,(H2,15,16,18). The van der Waals surface area contributed by atoms with E-state index in [2.05, 4.69) is 10.6 Å². The maximum atomic E-state index is 11.8. The van der Waals surface area contributed by atoms with Gasteiger partial charge in [0.1, 0.15) is 0 Å². The zero-order chi connectivity index (χ0) is 13.5. The minimum atomic E-state index is -0.370. The summed E-state index contributed by atoms with van der Waals surface area (Å²) in [5.74, 6) is 0.375. The highest BCUT2D eigenvalue weighted by Crippen LogP contribution is 2.11. The second kappa shape index (κ2) is 7.01. The van der Waals surface area contributed by atoms with Crippen molar-refractivity contribution in [2.75, 3.05) is 6.61 Å². The summed E-state index contributed by atoms with van der Waals surface area (Å²) in [6.45, 7) is 5.94. The average Bonchev–Trinajstić information content (AvgIpc) is 2.36. The van der Waals surface area contributed by atoms with Gasteiger partial charge in [-0.3, -0.25) is 0 Å². The van der Waals surface area contributed by atoms with Crippen LogP contribution in [0.2, 0.25) is 0 Å². The predicted molar refractivity (Wildman–Crippen MR) is 72.2 cm³/mol. The summed E-state index contributed by atoms with van der Waals surface area (Å²) in [4.78, 5) is 11.8. The summed E-state index contributed by atoms with van der Waals surface area (Å²) < 4.78 is 0. The first-order valence-corrected chi connectivity index (χ1v) is 6.27. The van der Waals surface area contributed by atoms with E-state index in [9.17, 15) is 9.90 Å². The van der Waals surface area contributed by atoms with Gasteiger partial charge in [-0.2, -0.15) is 0 Å². The summed E-state index contributed by atoms with van der Waals surface area (Å²) in [5.41, 5.74) is 0.896. The van der Waals surface area contributed by atoms with Crippen molar-refractivity contribution in [3.63, 3.8) is 0 Å². The largest absolute Gasteiger partial charge is 0.394 e. The van der Waals surface area contributed by atoms with Crippen LogP contribution in [-0.4, -0.2) is 23.8 Å². The molecule has 0 saturated heterocycles. The first kappa shape index (κ1) is 14.5. The minimum Gasteiger partial charge on any atom is -0.394 e. The lowest BCUT2D eigenvalue weighted by Crippen LogP contribution is -2.44. The molecular weight excluding hydrogens is 228 g/mol. The van der Waals surface area contributed by atoms with Crippen molar-refractivity contribution in [1.29, 1.82) is 0 Å². The molecular formula is C14H22N2O2. The highest BCUT2D eigenvalue weighted by molar-refractivity contribution is 5.74. The third-order valence-electron chi connectivity index (χ3n) is 3.05. The van der Waals surface area contributed by atoms with Crippen molar-refractivity contribution in [1.82, 2.24) is 10.6 Å². The van der Waals surface area contributed by atoms with E-state index in [0.29, 0.717) is 5.92 Å². The molecule has 0 aliphatic rings. The van der Waals surface area contributed by atoms with Crippen LogP contribution in [-0.2, 0) is 0 Å². The van der Waals surface area contributed by atoms with E-state index in [1.54, 1.807) is 0 Å². The summed E-state index contributed by atoms with van der Waals surface area (Å²) in [7, 11) is 0. The first-order chi connectivity index (χ1) is 8.54. The molecule has 4 heteroatoms. The number of urea groups is 1. The lowest BCUT2D eigenvalue weighted by molar-refractivity contribution is 0.212. The van der Waals surface area contributed by atoms with Crippen LogP contribution in [0, 0.1) is 5.92 Å². The van der Waals surface area contributed by atoms with Crippen LogP contribution < -0.4 is 10.6 Å². The molecule has 0 spiro atoms. The molecule has 3 N–H and O–H groups in total. The van der Waals surface area contributed by atoms with Gasteiger partial charge in [0.05, 0.1) is 12.6 Å². The van der Waals surface area contributed by atoms with Crippen molar-refractivity contribution in [3.05, 3.63) is 35.9 Å². The average molecular weight is 250 g/mol. The number of aliphatic hydroxyl groups excluding tert-OH is 1. The molecule has 0 aliphatic carbocycles. The molecule has 1 aromatic carbocycles. The van der Waals surface area contributed by atoms with Gasteiger partial charge in [-0.15, -0.1) is 0 Å². The van der Waals surface area contributed by atoms with Gasteiger partial charge in [-0.05, 0) is 18.4 Å². The molecule has 0 radical (unpaired) electrons. The van der Waals surface area contributed by atoms with E-state index >= 15 is 0 Å². The van der Waals surface area contributed by atoms with Crippen molar-refractivity contribution in [2.45, 2.75) is 32.9 Å². The Morgan fingerprint density at radius 1 is 1.17 bits per heavy atom. The smallest absolute Gasteiger partial charge is 0.315 e. The Morgan fingerprint density at radius 3 is 2.28 bits per heavy atom. The number of benzene rings is 1. The zero-order valence-electron chi connectivity index (χ0n) is 11.2. The maximum Gasteiger partial charge on any atom is 0.315 e. The van der Waals surface area contributed by atoms with Gasteiger partial charge in [0, 0.05) is 6.04 Å². The van der Waals surface area contributed by atoms with E-state index in [0.717, 1.165) is 5.56 Å². The fraction of sp³-hybridized carbons (Fsp3) is 0.500. The third kappa shape index (κ3) is 4.37. The SMILES string of the molecule is CC(C)C(C)NC(=O)NC(CO)c1ccccc1. The van der Waals surface area contributed by atoms with E-state index in [-0.39, 0.29) is 24.7 Å². The van der Waals surface area contributed by atoms with Crippen LogP contribution in [0.4, 0.5) is 4.79 Å². The molecule has 0 bridgehead atoms. The van der Waals surface area contributed by atoms with E-state index in [1.807, 2.05) is 51.1 Å². The van der Waals surface area contributed by atoms with Crippen LogP contribution >= 0.6 is 0 Å². The van der Waals surface area contributed by atoms with E-state index in [4.69, 9.17) is 0 Å². The van der Waals surface area contributed by atoms with E-state index < -0.39 is 0 Å². The second-order valence-corrected chi connectivity index (χ2v) is 4.80. The summed E-state index contributed by atoms with van der Waals surface area (Å²) in [6, 6.07) is 8.91. The Labute approximate surface area is 108 Å². The molecule has 0 saturated carbocycles. The Kier molecular flexibility index (Phi) is 5.65. The number of hydrogen-bond donors (Lipinski definition) is 3. The Hall–Kier alpha value is -1.55. The molecule has 100 valence electrons.